The maximum Gasteiger partial charge on any atom is 0.341 e. The van der Waals surface area contributed by atoms with Gasteiger partial charge in [-0.3, -0.25) is 15.0 Å². The fourth-order valence-corrected chi connectivity index (χ4v) is 2.61. The minimum absolute atomic E-state index is 0.385. The molecule has 0 aliphatic carbocycles. The van der Waals surface area contributed by atoms with E-state index in [1.807, 2.05) is 6.07 Å². The summed E-state index contributed by atoms with van der Waals surface area (Å²) in [7, 11) is 0. The number of anilines is 1. The highest BCUT2D eigenvalue weighted by Gasteiger charge is 2.16. The summed E-state index contributed by atoms with van der Waals surface area (Å²) in [5.41, 5.74) is 3.19. The number of nitrogens with zero attached hydrogens (tertiary/aromatic N) is 1. The number of carbonyl (C=O) groups is 1. The van der Waals surface area contributed by atoms with Crippen LogP contribution in [0.4, 0.5) is 5.69 Å². The van der Waals surface area contributed by atoms with Gasteiger partial charge < -0.3 is 9.84 Å². The largest absolute Gasteiger partial charge is 0.482 e. The lowest BCUT2D eigenvalue weighted by Gasteiger charge is -2.03. The summed E-state index contributed by atoms with van der Waals surface area (Å²) in [5.74, 6) is -0.557. The van der Waals surface area contributed by atoms with E-state index in [0.29, 0.717) is 11.4 Å². The van der Waals surface area contributed by atoms with Gasteiger partial charge in [-0.15, -0.1) is 11.3 Å². The van der Waals surface area contributed by atoms with Crippen LogP contribution in [-0.4, -0.2) is 22.4 Å². The minimum atomic E-state index is -1.03. The number of carboxylic acids is 1. The van der Waals surface area contributed by atoms with Crippen molar-refractivity contribution in [3.8, 4) is 16.2 Å². The molecule has 2 heterocycles. The van der Waals surface area contributed by atoms with E-state index >= 15 is 0 Å². The van der Waals surface area contributed by atoms with Gasteiger partial charge in [0.1, 0.15) is 5.75 Å². The van der Waals surface area contributed by atoms with Crippen molar-refractivity contribution in [2.75, 3.05) is 12.0 Å². The number of rotatable bonds is 6. The van der Waals surface area contributed by atoms with Gasteiger partial charge in [-0.2, -0.15) is 4.68 Å². The van der Waals surface area contributed by atoms with Crippen molar-refractivity contribution in [2.45, 2.75) is 0 Å². The number of aliphatic carboxylic acids is 1. The van der Waals surface area contributed by atoms with Gasteiger partial charge in [0, 0.05) is 10.3 Å². The molecule has 0 bridgehead atoms. The van der Waals surface area contributed by atoms with Crippen molar-refractivity contribution >= 4 is 23.0 Å². The molecule has 0 radical (unpaired) electrons. The number of hydrogen-bond acceptors (Lipinski definition) is 6. The Morgan fingerprint density at radius 3 is 2.50 bits per heavy atom. The topological polar surface area (TPSA) is 97.6 Å². The first-order valence-electron chi connectivity index (χ1n) is 6.23. The monoisotopic (exact) mass is 318 g/mol. The zero-order valence-corrected chi connectivity index (χ0v) is 11.9. The maximum absolute atomic E-state index is 10.9. The van der Waals surface area contributed by atoms with Crippen molar-refractivity contribution < 1.29 is 14.6 Å². The molecule has 0 spiro atoms. The number of nitrogens with one attached hydrogen (secondary N) is 1. The molecule has 22 heavy (non-hydrogen) atoms. The number of hydrogen-bond donors (Lipinski definition) is 2. The van der Waals surface area contributed by atoms with E-state index < -0.39 is 17.1 Å². The molecular weight excluding hydrogens is 308 g/mol. The second-order valence-corrected chi connectivity index (χ2v) is 5.38. The van der Waals surface area contributed by atoms with Gasteiger partial charge in [0.25, 0.3) is 0 Å². The fourth-order valence-electron chi connectivity index (χ4n) is 1.77. The van der Waals surface area contributed by atoms with Crippen LogP contribution in [0.3, 0.4) is 0 Å². The van der Waals surface area contributed by atoms with Crippen molar-refractivity contribution in [3.05, 3.63) is 56.4 Å². The van der Waals surface area contributed by atoms with Crippen LogP contribution in [-0.2, 0) is 4.79 Å². The van der Waals surface area contributed by atoms with Gasteiger partial charge in [0.15, 0.2) is 6.61 Å². The van der Waals surface area contributed by atoms with E-state index in [4.69, 9.17) is 9.84 Å². The molecule has 2 aromatic heterocycles. The van der Waals surface area contributed by atoms with Crippen LogP contribution in [0.25, 0.3) is 10.4 Å². The lowest BCUT2D eigenvalue weighted by molar-refractivity contribution is -0.139. The molecule has 112 valence electrons. The highest BCUT2D eigenvalue weighted by atomic mass is 32.1. The molecular formula is C14H10N2O5S. The van der Waals surface area contributed by atoms with Gasteiger partial charge in [-0.1, -0.05) is 0 Å². The molecule has 7 nitrogen and oxygen atoms in total. The van der Waals surface area contributed by atoms with E-state index in [-0.39, 0.29) is 6.61 Å². The second-order valence-electron chi connectivity index (χ2n) is 4.46. The normalized spacial score (nSPS) is 10.7. The summed E-state index contributed by atoms with van der Waals surface area (Å²) in [5, 5.41) is 10.3. The van der Waals surface area contributed by atoms with Crippen molar-refractivity contribution in [1.29, 1.82) is 0 Å². The number of carboxylic acid groups (broad SMARTS) is 1. The average Bonchev–Trinajstić information content (AvgIpc) is 2.93. The number of benzene rings is 1. The summed E-state index contributed by atoms with van der Waals surface area (Å²) >= 11 is 1.45. The van der Waals surface area contributed by atoms with Crippen LogP contribution >= 0.6 is 11.3 Å². The van der Waals surface area contributed by atoms with Crippen molar-refractivity contribution in [1.82, 2.24) is 4.68 Å². The third-order valence-corrected chi connectivity index (χ3v) is 3.86. The Morgan fingerprint density at radius 1 is 1.23 bits per heavy atom. The van der Waals surface area contributed by atoms with Gasteiger partial charge >= 0.3 is 17.1 Å². The fraction of sp³-hybridized carbons (Fsp3) is 0.0714. The molecule has 0 saturated carbocycles. The smallest absolute Gasteiger partial charge is 0.341 e. The van der Waals surface area contributed by atoms with Gasteiger partial charge in [0.2, 0.25) is 0 Å². The Labute approximate surface area is 127 Å². The van der Waals surface area contributed by atoms with Gasteiger partial charge in [-0.25, -0.2) is 4.79 Å². The van der Waals surface area contributed by atoms with E-state index in [1.54, 1.807) is 29.6 Å². The Kier molecular flexibility index (Phi) is 3.51. The first-order valence-corrected chi connectivity index (χ1v) is 7.11. The van der Waals surface area contributed by atoms with Crippen molar-refractivity contribution in [3.63, 3.8) is 0 Å². The van der Waals surface area contributed by atoms with Crippen LogP contribution in [0.1, 0.15) is 0 Å². The zero-order valence-electron chi connectivity index (χ0n) is 11.1. The molecule has 0 saturated heterocycles. The first kappa shape index (κ1) is 14.1. The Bertz CT molecular complexity index is 861. The van der Waals surface area contributed by atoms with Gasteiger partial charge in [-0.05, 0) is 35.9 Å². The molecule has 0 aliphatic rings. The molecule has 1 aromatic carbocycles. The highest BCUT2D eigenvalue weighted by Crippen LogP contribution is 2.30. The lowest BCUT2D eigenvalue weighted by Crippen LogP contribution is -2.09. The SMILES string of the molecule is O=C(O)COc1ccc(-c2cc(Nn3c(=O)c3=O)cs2)cc1. The lowest BCUT2D eigenvalue weighted by atomic mass is 10.2. The zero-order chi connectivity index (χ0) is 15.7. The Hall–Kier alpha value is -2.87. The average molecular weight is 318 g/mol. The standard InChI is InChI=1S/C14H10N2O5S/c17-12(18)6-21-10-3-1-8(2-4-10)11-5-9(7-22-11)15-16-13(19)14(16)20/h1-5,7,15H,6H2,(H,17,18). The molecule has 0 atom stereocenters. The molecule has 0 unspecified atom stereocenters. The molecule has 3 rings (SSSR count). The number of aromatic nitrogens is 1. The molecule has 0 aliphatic heterocycles. The molecule has 3 aromatic rings. The minimum Gasteiger partial charge on any atom is -0.482 e. The van der Waals surface area contributed by atoms with Crippen LogP contribution in [0, 0.1) is 0 Å². The third kappa shape index (κ3) is 2.91. The predicted molar refractivity (Wildman–Crippen MR) is 81.3 cm³/mol. The number of ether oxygens (including phenoxy) is 1. The van der Waals surface area contributed by atoms with E-state index in [1.165, 1.54) is 11.3 Å². The van der Waals surface area contributed by atoms with E-state index in [0.717, 1.165) is 15.1 Å². The second kappa shape index (κ2) is 5.49. The van der Waals surface area contributed by atoms with E-state index in [9.17, 15) is 14.4 Å². The van der Waals surface area contributed by atoms with Crippen LogP contribution in [0.15, 0.2) is 45.3 Å². The van der Waals surface area contributed by atoms with Crippen molar-refractivity contribution in [2.24, 2.45) is 0 Å². The van der Waals surface area contributed by atoms with Crippen LogP contribution < -0.4 is 21.3 Å². The molecule has 0 fully saturated rings. The Morgan fingerprint density at radius 2 is 1.91 bits per heavy atom. The Balaban J connectivity index is 1.70. The summed E-state index contributed by atoms with van der Waals surface area (Å²) in [6, 6.07) is 8.79. The number of thiophene rings is 1. The summed E-state index contributed by atoms with van der Waals surface area (Å²) < 4.78 is 6.00. The quantitative estimate of drug-likeness (QED) is 0.662. The third-order valence-electron chi connectivity index (χ3n) is 2.88. The molecule has 0 amide bonds. The van der Waals surface area contributed by atoms with E-state index in [2.05, 4.69) is 5.43 Å². The predicted octanol–water partition coefficient (Wildman–Crippen LogP) is 1.15. The van der Waals surface area contributed by atoms with Gasteiger partial charge in [0.05, 0.1) is 5.69 Å². The maximum atomic E-state index is 10.9. The summed E-state index contributed by atoms with van der Waals surface area (Å²) in [6.45, 7) is -0.385. The van der Waals surface area contributed by atoms with Crippen LogP contribution in [0.5, 0.6) is 5.75 Å². The molecule has 2 N–H and O–H groups in total. The van der Waals surface area contributed by atoms with Crippen LogP contribution in [0.2, 0.25) is 0 Å². The summed E-state index contributed by atoms with van der Waals surface area (Å²) in [4.78, 5) is 33.2. The summed E-state index contributed by atoms with van der Waals surface area (Å²) in [6.07, 6.45) is 0. The molecule has 8 heteroatoms. The highest BCUT2D eigenvalue weighted by molar-refractivity contribution is 7.14. The first-order chi connectivity index (χ1) is 10.5.